The molecule has 0 saturated carbocycles. The van der Waals surface area contributed by atoms with Crippen molar-refractivity contribution >= 4 is 28.4 Å². The molecule has 0 spiro atoms. The third kappa shape index (κ3) is 2.50. The third-order valence-corrected chi connectivity index (χ3v) is 6.05. The number of ketones is 1. The molecule has 2 atom stereocenters. The van der Waals surface area contributed by atoms with Crippen molar-refractivity contribution in [1.82, 2.24) is 5.32 Å². The Balaban J connectivity index is 2.15. The Morgan fingerprint density at radius 1 is 1.14 bits per heavy atom. The van der Waals surface area contributed by atoms with Crippen LogP contribution >= 0.6 is 22.6 Å². The Labute approximate surface area is 145 Å². The standard InChI is InChI=1S/C19H20INO/c1-2-21-13-19(15-9-4-3-5-10-15)17(20)12-14-8-6-7-11-16(14)18(19)22/h3-11,17,21H,2,12-13H2,1H3. The van der Waals surface area contributed by atoms with Crippen molar-refractivity contribution in [3.05, 3.63) is 71.3 Å². The van der Waals surface area contributed by atoms with Crippen molar-refractivity contribution < 1.29 is 4.79 Å². The highest BCUT2D eigenvalue weighted by Crippen LogP contribution is 2.42. The number of hydrogen-bond acceptors (Lipinski definition) is 2. The van der Waals surface area contributed by atoms with Crippen molar-refractivity contribution in [3.63, 3.8) is 0 Å². The fourth-order valence-electron chi connectivity index (χ4n) is 3.33. The largest absolute Gasteiger partial charge is 0.316 e. The van der Waals surface area contributed by atoms with E-state index in [2.05, 4.69) is 53.0 Å². The topological polar surface area (TPSA) is 29.1 Å². The van der Waals surface area contributed by atoms with Gasteiger partial charge in [-0.25, -0.2) is 0 Å². The van der Waals surface area contributed by atoms with E-state index in [4.69, 9.17) is 0 Å². The summed E-state index contributed by atoms with van der Waals surface area (Å²) in [7, 11) is 0. The second-order valence-corrected chi connectivity index (χ2v) is 7.28. The maximum absolute atomic E-state index is 13.4. The number of likely N-dealkylation sites (N-methyl/N-ethyl adjacent to an activating group) is 1. The van der Waals surface area contributed by atoms with Gasteiger partial charge in [0.15, 0.2) is 5.78 Å². The zero-order chi connectivity index (χ0) is 15.6. The first-order valence-electron chi connectivity index (χ1n) is 7.73. The molecule has 2 aromatic rings. The van der Waals surface area contributed by atoms with Crippen LogP contribution in [0.3, 0.4) is 0 Å². The normalized spacial score (nSPS) is 24.1. The van der Waals surface area contributed by atoms with Crippen molar-refractivity contribution in [1.29, 1.82) is 0 Å². The molecule has 0 fully saturated rings. The Bertz CT molecular complexity index is 670. The Morgan fingerprint density at radius 2 is 1.82 bits per heavy atom. The lowest BCUT2D eigenvalue weighted by Gasteiger charge is -2.41. The number of rotatable bonds is 4. The molecule has 0 heterocycles. The average molecular weight is 405 g/mol. The second-order valence-electron chi connectivity index (χ2n) is 5.78. The van der Waals surface area contributed by atoms with Crippen LogP contribution in [0.15, 0.2) is 54.6 Å². The van der Waals surface area contributed by atoms with Crippen molar-refractivity contribution in [3.8, 4) is 0 Å². The minimum atomic E-state index is -0.480. The van der Waals surface area contributed by atoms with Crippen LogP contribution in [0.25, 0.3) is 0 Å². The average Bonchev–Trinajstić information content (AvgIpc) is 2.56. The van der Waals surface area contributed by atoms with Crippen molar-refractivity contribution in [2.24, 2.45) is 0 Å². The lowest BCUT2D eigenvalue weighted by Crippen LogP contribution is -2.54. The van der Waals surface area contributed by atoms with E-state index >= 15 is 0 Å². The summed E-state index contributed by atoms with van der Waals surface area (Å²) in [5.74, 6) is 0.251. The Morgan fingerprint density at radius 3 is 2.55 bits per heavy atom. The van der Waals surface area contributed by atoms with Crippen LogP contribution in [-0.4, -0.2) is 22.8 Å². The number of benzene rings is 2. The minimum absolute atomic E-state index is 0.244. The molecule has 22 heavy (non-hydrogen) atoms. The summed E-state index contributed by atoms with van der Waals surface area (Å²) in [5, 5.41) is 3.42. The highest BCUT2D eigenvalue weighted by Gasteiger charge is 2.49. The second kappa shape index (κ2) is 6.50. The van der Waals surface area contributed by atoms with Gasteiger partial charge in [0.1, 0.15) is 0 Å². The van der Waals surface area contributed by atoms with E-state index in [-0.39, 0.29) is 9.71 Å². The van der Waals surface area contributed by atoms with E-state index in [9.17, 15) is 4.79 Å². The molecule has 2 nitrogen and oxygen atoms in total. The number of hydrogen-bond donors (Lipinski definition) is 1. The molecule has 1 aliphatic rings. The zero-order valence-corrected chi connectivity index (χ0v) is 14.8. The predicted molar refractivity (Wildman–Crippen MR) is 98.9 cm³/mol. The molecule has 1 aliphatic carbocycles. The van der Waals surface area contributed by atoms with Crippen molar-refractivity contribution in [2.75, 3.05) is 13.1 Å². The predicted octanol–water partition coefficient (Wildman–Crippen LogP) is 3.78. The van der Waals surface area contributed by atoms with Gasteiger partial charge in [-0.05, 0) is 24.1 Å². The van der Waals surface area contributed by atoms with E-state index in [0.29, 0.717) is 6.54 Å². The summed E-state index contributed by atoms with van der Waals surface area (Å²) < 4.78 is 0.244. The number of carbonyl (C=O) groups is 1. The van der Waals surface area contributed by atoms with Gasteiger partial charge in [0.05, 0.1) is 5.41 Å². The van der Waals surface area contributed by atoms with Crippen LogP contribution in [0.1, 0.15) is 28.4 Å². The molecule has 1 N–H and O–H groups in total. The van der Waals surface area contributed by atoms with Crippen LogP contribution in [0.2, 0.25) is 0 Å². The SMILES string of the molecule is CCNCC1(c2ccccc2)C(=O)c2ccccc2CC1I. The van der Waals surface area contributed by atoms with E-state index in [1.807, 2.05) is 36.4 Å². The van der Waals surface area contributed by atoms with Crippen LogP contribution < -0.4 is 5.32 Å². The van der Waals surface area contributed by atoms with E-state index in [1.165, 1.54) is 5.56 Å². The molecule has 3 heteroatoms. The molecule has 0 radical (unpaired) electrons. The summed E-state index contributed by atoms with van der Waals surface area (Å²) in [5.41, 5.74) is 2.70. The smallest absolute Gasteiger partial charge is 0.176 e. The number of Topliss-reactive ketones (excluding diaryl/α,β-unsaturated/α-hetero) is 1. The van der Waals surface area contributed by atoms with E-state index in [1.54, 1.807) is 0 Å². The zero-order valence-electron chi connectivity index (χ0n) is 12.7. The summed E-state index contributed by atoms with van der Waals surface area (Å²) in [6.45, 7) is 3.64. The van der Waals surface area contributed by atoms with Gasteiger partial charge in [-0.1, -0.05) is 84.1 Å². The van der Waals surface area contributed by atoms with Gasteiger partial charge in [0.25, 0.3) is 0 Å². The van der Waals surface area contributed by atoms with Gasteiger partial charge in [-0.15, -0.1) is 0 Å². The molecule has 0 bridgehead atoms. The van der Waals surface area contributed by atoms with Crippen LogP contribution in [0, 0.1) is 0 Å². The van der Waals surface area contributed by atoms with Gasteiger partial charge in [0.2, 0.25) is 0 Å². The number of alkyl halides is 1. The van der Waals surface area contributed by atoms with E-state index < -0.39 is 5.41 Å². The Hall–Kier alpha value is -1.20. The third-order valence-electron chi connectivity index (χ3n) is 4.54. The first-order valence-corrected chi connectivity index (χ1v) is 8.97. The summed E-state index contributed by atoms with van der Waals surface area (Å²) in [4.78, 5) is 13.4. The maximum Gasteiger partial charge on any atom is 0.176 e. The summed E-state index contributed by atoms with van der Waals surface area (Å²) in [6.07, 6.45) is 0.933. The molecular formula is C19H20INO. The van der Waals surface area contributed by atoms with Gasteiger partial charge in [-0.3, -0.25) is 4.79 Å². The molecule has 2 aromatic carbocycles. The quantitative estimate of drug-likeness (QED) is 0.620. The van der Waals surface area contributed by atoms with Gasteiger partial charge >= 0.3 is 0 Å². The molecule has 0 amide bonds. The first-order chi connectivity index (χ1) is 10.7. The number of carbonyl (C=O) groups excluding carboxylic acids is 1. The van der Waals surface area contributed by atoms with Crippen LogP contribution in [0.4, 0.5) is 0 Å². The van der Waals surface area contributed by atoms with Crippen molar-refractivity contribution in [2.45, 2.75) is 22.7 Å². The van der Waals surface area contributed by atoms with Crippen LogP contribution in [-0.2, 0) is 11.8 Å². The minimum Gasteiger partial charge on any atom is -0.316 e. The summed E-state index contributed by atoms with van der Waals surface area (Å²) >= 11 is 2.47. The fourth-order valence-corrected chi connectivity index (χ4v) is 4.67. The monoisotopic (exact) mass is 405 g/mol. The number of nitrogens with one attached hydrogen (secondary N) is 1. The molecule has 0 aliphatic heterocycles. The molecule has 0 saturated heterocycles. The van der Waals surface area contributed by atoms with Crippen LogP contribution in [0.5, 0.6) is 0 Å². The summed E-state index contributed by atoms with van der Waals surface area (Å²) in [6, 6.07) is 18.3. The first kappa shape index (κ1) is 15.7. The maximum atomic E-state index is 13.4. The van der Waals surface area contributed by atoms with Gasteiger partial charge < -0.3 is 5.32 Å². The highest BCUT2D eigenvalue weighted by atomic mass is 127. The fraction of sp³-hybridized carbons (Fsp3) is 0.316. The molecule has 3 rings (SSSR count). The molecule has 114 valence electrons. The van der Waals surface area contributed by atoms with Gasteiger partial charge in [-0.2, -0.15) is 0 Å². The van der Waals surface area contributed by atoms with Gasteiger partial charge in [0, 0.05) is 16.0 Å². The number of fused-ring (bicyclic) bond motifs is 1. The Kier molecular flexibility index (Phi) is 4.64. The van der Waals surface area contributed by atoms with E-state index in [0.717, 1.165) is 24.1 Å². The lowest BCUT2D eigenvalue weighted by molar-refractivity contribution is 0.0869. The molecular weight excluding hydrogens is 385 g/mol. The molecule has 2 unspecified atom stereocenters. The lowest BCUT2D eigenvalue weighted by atomic mass is 9.66. The molecule has 0 aromatic heterocycles. The highest BCUT2D eigenvalue weighted by molar-refractivity contribution is 14.1. The number of halogens is 1.